The van der Waals surface area contributed by atoms with E-state index >= 15 is 0 Å². The van der Waals surface area contributed by atoms with Crippen molar-refractivity contribution in [2.45, 2.75) is 6.42 Å². The number of aldehydes is 1. The van der Waals surface area contributed by atoms with Crippen molar-refractivity contribution in [2.24, 2.45) is 0 Å². The molecule has 0 unspecified atom stereocenters. The van der Waals surface area contributed by atoms with E-state index in [1.54, 1.807) is 0 Å². The quantitative estimate of drug-likeness (QED) is 0.467. The molecule has 0 radical (unpaired) electrons. The number of benzene rings is 3. The number of para-hydroxylation sites is 1. The minimum atomic E-state index is 0.446. The maximum atomic E-state index is 10.6. The van der Waals surface area contributed by atoms with E-state index in [2.05, 4.69) is 27.3 Å². The highest BCUT2D eigenvalue weighted by Crippen LogP contribution is 2.28. The van der Waals surface area contributed by atoms with Crippen molar-refractivity contribution >= 4 is 28.2 Å². The molecule has 0 saturated heterocycles. The standard InChI is InChI=1S/C22H16N4O/c27-12-11-14-5-7-15(8-6-14)16-9-10-19-20(13-16)24-22(23-19)21-17-3-1-2-4-18(17)25-26-21/h1-10,12-13H,11H2,(H,23,24)(H,25,26). The minimum Gasteiger partial charge on any atom is -0.337 e. The average Bonchev–Trinajstić information content (AvgIpc) is 3.32. The van der Waals surface area contributed by atoms with Crippen molar-refractivity contribution < 1.29 is 4.79 Å². The number of imidazole rings is 1. The predicted molar refractivity (Wildman–Crippen MR) is 106 cm³/mol. The van der Waals surface area contributed by atoms with E-state index in [1.165, 1.54) is 0 Å². The van der Waals surface area contributed by atoms with E-state index in [0.717, 1.165) is 56.4 Å². The Morgan fingerprint density at radius 1 is 0.889 bits per heavy atom. The smallest absolute Gasteiger partial charge is 0.157 e. The second kappa shape index (κ2) is 6.21. The Bertz CT molecular complexity index is 1260. The van der Waals surface area contributed by atoms with Crippen LogP contribution < -0.4 is 0 Å². The predicted octanol–water partition coefficient (Wildman–Crippen LogP) is 4.51. The maximum absolute atomic E-state index is 10.6. The van der Waals surface area contributed by atoms with Crippen LogP contribution in [0.5, 0.6) is 0 Å². The van der Waals surface area contributed by atoms with Crippen LogP contribution in [0.3, 0.4) is 0 Å². The number of carbonyl (C=O) groups is 1. The summed E-state index contributed by atoms with van der Waals surface area (Å²) in [6.07, 6.45) is 1.37. The van der Waals surface area contributed by atoms with Crippen molar-refractivity contribution in [3.8, 4) is 22.6 Å². The second-order valence-electron chi connectivity index (χ2n) is 6.50. The highest BCUT2D eigenvalue weighted by molar-refractivity contribution is 5.93. The van der Waals surface area contributed by atoms with Crippen LogP contribution in [0.1, 0.15) is 5.56 Å². The molecule has 3 aromatic carbocycles. The van der Waals surface area contributed by atoms with Crippen LogP contribution in [0.4, 0.5) is 0 Å². The van der Waals surface area contributed by atoms with Crippen molar-refractivity contribution in [3.05, 3.63) is 72.3 Å². The molecule has 5 heteroatoms. The SMILES string of the molecule is O=CCc1ccc(-c2ccc3nc(-c4[nH]nc5ccccc45)[nH]c3c2)cc1. The number of fused-ring (bicyclic) bond motifs is 2. The lowest BCUT2D eigenvalue weighted by Crippen LogP contribution is -1.85. The van der Waals surface area contributed by atoms with Gasteiger partial charge in [-0.25, -0.2) is 4.98 Å². The third-order valence-corrected chi connectivity index (χ3v) is 4.79. The first kappa shape index (κ1) is 15.5. The summed E-state index contributed by atoms with van der Waals surface area (Å²) >= 11 is 0. The van der Waals surface area contributed by atoms with E-state index < -0.39 is 0 Å². The number of aromatic amines is 2. The number of nitrogens with zero attached hydrogens (tertiary/aromatic N) is 2. The summed E-state index contributed by atoms with van der Waals surface area (Å²) in [6.45, 7) is 0. The van der Waals surface area contributed by atoms with Crippen molar-refractivity contribution in [1.82, 2.24) is 20.2 Å². The third-order valence-electron chi connectivity index (χ3n) is 4.79. The summed E-state index contributed by atoms with van der Waals surface area (Å²) in [6, 6.07) is 22.2. The molecule has 0 bridgehead atoms. The number of nitrogens with one attached hydrogen (secondary N) is 2. The summed E-state index contributed by atoms with van der Waals surface area (Å²) < 4.78 is 0. The molecule has 130 valence electrons. The van der Waals surface area contributed by atoms with E-state index in [0.29, 0.717) is 6.42 Å². The fraction of sp³-hybridized carbons (Fsp3) is 0.0455. The molecule has 2 heterocycles. The maximum Gasteiger partial charge on any atom is 0.157 e. The Labute approximate surface area is 155 Å². The van der Waals surface area contributed by atoms with Crippen molar-refractivity contribution in [2.75, 3.05) is 0 Å². The Hall–Kier alpha value is -3.73. The normalized spacial score (nSPS) is 11.3. The zero-order valence-corrected chi connectivity index (χ0v) is 14.4. The van der Waals surface area contributed by atoms with Gasteiger partial charge in [-0.1, -0.05) is 48.5 Å². The van der Waals surface area contributed by atoms with Gasteiger partial charge < -0.3 is 9.78 Å². The minimum absolute atomic E-state index is 0.446. The highest BCUT2D eigenvalue weighted by Gasteiger charge is 2.12. The molecular weight excluding hydrogens is 336 g/mol. The third kappa shape index (κ3) is 2.69. The molecule has 5 rings (SSSR count). The van der Waals surface area contributed by atoms with Gasteiger partial charge in [-0.3, -0.25) is 5.10 Å². The van der Waals surface area contributed by atoms with Gasteiger partial charge in [-0.15, -0.1) is 0 Å². The lowest BCUT2D eigenvalue weighted by molar-refractivity contribution is -0.107. The van der Waals surface area contributed by atoms with Gasteiger partial charge >= 0.3 is 0 Å². The number of aromatic nitrogens is 4. The summed E-state index contributed by atoms with van der Waals surface area (Å²) in [5.74, 6) is 0.775. The molecule has 27 heavy (non-hydrogen) atoms. The first-order valence-corrected chi connectivity index (χ1v) is 8.78. The lowest BCUT2D eigenvalue weighted by atomic mass is 10.0. The Morgan fingerprint density at radius 2 is 1.70 bits per heavy atom. The van der Waals surface area contributed by atoms with Gasteiger partial charge in [0, 0.05) is 11.8 Å². The number of H-pyrrole nitrogens is 2. The van der Waals surface area contributed by atoms with Gasteiger partial charge in [0.05, 0.1) is 16.6 Å². The molecule has 2 aromatic heterocycles. The molecule has 5 aromatic rings. The highest BCUT2D eigenvalue weighted by atomic mass is 16.1. The number of carbonyl (C=O) groups excluding carboxylic acids is 1. The average molecular weight is 352 g/mol. The van der Waals surface area contributed by atoms with Crippen LogP contribution in [0, 0.1) is 0 Å². The molecule has 0 aliphatic rings. The molecular formula is C22H16N4O. The molecule has 0 aliphatic heterocycles. The largest absolute Gasteiger partial charge is 0.337 e. The number of hydrogen-bond acceptors (Lipinski definition) is 3. The van der Waals surface area contributed by atoms with Crippen molar-refractivity contribution in [3.63, 3.8) is 0 Å². The van der Waals surface area contributed by atoms with E-state index in [1.807, 2.05) is 54.6 Å². The van der Waals surface area contributed by atoms with Crippen LogP contribution in [0.2, 0.25) is 0 Å². The van der Waals surface area contributed by atoms with E-state index in [4.69, 9.17) is 4.98 Å². The first-order valence-electron chi connectivity index (χ1n) is 8.78. The van der Waals surface area contributed by atoms with Crippen LogP contribution >= 0.6 is 0 Å². The van der Waals surface area contributed by atoms with Crippen LogP contribution in [-0.4, -0.2) is 26.5 Å². The summed E-state index contributed by atoms with van der Waals surface area (Å²) in [5, 5.41) is 8.47. The van der Waals surface area contributed by atoms with Gasteiger partial charge in [0.2, 0.25) is 0 Å². The number of rotatable bonds is 4. The van der Waals surface area contributed by atoms with Gasteiger partial charge in [-0.2, -0.15) is 5.10 Å². The molecule has 5 nitrogen and oxygen atoms in total. The zero-order valence-electron chi connectivity index (χ0n) is 14.4. The molecule has 2 N–H and O–H groups in total. The molecule has 0 spiro atoms. The first-order chi connectivity index (χ1) is 13.3. The van der Waals surface area contributed by atoms with Gasteiger partial charge in [-0.05, 0) is 34.9 Å². The van der Waals surface area contributed by atoms with Gasteiger partial charge in [0.1, 0.15) is 12.0 Å². The van der Waals surface area contributed by atoms with Crippen molar-refractivity contribution in [1.29, 1.82) is 0 Å². The van der Waals surface area contributed by atoms with Gasteiger partial charge in [0.15, 0.2) is 5.82 Å². The topological polar surface area (TPSA) is 74.4 Å². The number of hydrogen-bond donors (Lipinski definition) is 2. The molecule has 0 atom stereocenters. The molecule has 0 saturated carbocycles. The van der Waals surface area contributed by atoms with E-state index in [9.17, 15) is 4.79 Å². The summed E-state index contributed by atoms with van der Waals surface area (Å²) in [4.78, 5) is 18.8. The monoisotopic (exact) mass is 352 g/mol. The Kier molecular flexibility index (Phi) is 3.57. The fourth-order valence-corrected chi connectivity index (χ4v) is 3.38. The summed E-state index contributed by atoms with van der Waals surface area (Å²) in [5.41, 5.74) is 6.91. The Balaban J connectivity index is 1.56. The fourth-order valence-electron chi connectivity index (χ4n) is 3.38. The van der Waals surface area contributed by atoms with Gasteiger partial charge in [0.25, 0.3) is 0 Å². The van der Waals surface area contributed by atoms with Crippen LogP contribution in [0.15, 0.2) is 66.7 Å². The molecule has 0 fully saturated rings. The molecule has 0 aliphatic carbocycles. The second-order valence-corrected chi connectivity index (χ2v) is 6.50. The van der Waals surface area contributed by atoms with E-state index in [-0.39, 0.29) is 0 Å². The zero-order chi connectivity index (χ0) is 18.2. The van der Waals surface area contributed by atoms with Crippen LogP contribution in [-0.2, 0) is 11.2 Å². The molecule has 0 amide bonds. The Morgan fingerprint density at radius 3 is 2.56 bits per heavy atom. The lowest BCUT2D eigenvalue weighted by Gasteiger charge is -2.03. The summed E-state index contributed by atoms with van der Waals surface area (Å²) in [7, 11) is 0. The van der Waals surface area contributed by atoms with Crippen LogP contribution in [0.25, 0.3) is 44.6 Å².